The molecule has 0 unspecified atom stereocenters. The monoisotopic (exact) mass is 418 g/mol. The molecule has 7 nitrogen and oxygen atoms in total. The molecule has 2 aromatic carbocycles. The van der Waals surface area contributed by atoms with Crippen LogP contribution in [-0.4, -0.2) is 57.7 Å². The summed E-state index contributed by atoms with van der Waals surface area (Å²) in [7, 11) is 0. The lowest BCUT2D eigenvalue weighted by Crippen LogP contribution is -2.47. The minimum Gasteiger partial charge on any atom is -0.347 e. The van der Waals surface area contributed by atoms with Crippen molar-refractivity contribution in [1.82, 2.24) is 19.7 Å². The van der Waals surface area contributed by atoms with E-state index in [9.17, 15) is 4.79 Å². The first-order valence-electron chi connectivity index (χ1n) is 10.8. The highest BCUT2D eigenvalue weighted by Crippen LogP contribution is 2.31. The number of carbonyl (C=O) groups excluding carboxylic acids is 1. The van der Waals surface area contributed by atoms with Crippen LogP contribution in [0.3, 0.4) is 0 Å². The first kappa shape index (κ1) is 19.9. The van der Waals surface area contributed by atoms with Crippen LogP contribution in [0, 0.1) is 6.92 Å². The molecule has 1 aromatic heterocycles. The fourth-order valence-corrected chi connectivity index (χ4v) is 4.20. The van der Waals surface area contributed by atoms with E-state index in [4.69, 9.17) is 9.47 Å². The highest BCUT2D eigenvalue weighted by atomic mass is 16.7. The lowest BCUT2D eigenvalue weighted by Gasteiger charge is -2.37. The Kier molecular flexibility index (Phi) is 5.29. The van der Waals surface area contributed by atoms with Gasteiger partial charge in [0.05, 0.1) is 18.9 Å². The van der Waals surface area contributed by atoms with E-state index in [0.29, 0.717) is 45.6 Å². The number of hydrogen-bond donors (Lipinski definition) is 0. The topological polar surface area (TPSA) is 69.5 Å². The maximum atomic E-state index is 13.2. The molecule has 5 rings (SSSR count). The molecule has 2 saturated heterocycles. The Morgan fingerprint density at radius 2 is 1.68 bits per heavy atom. The predicted octanol–water partition coefficient (Wildman–Crippen LogP) is 3.15. The predicted molar refractivity (Wildman–Crippen MR) is 115 cm³/mol. The van der Waals surface area contributed by atoms with Gasteiger partial charge in [0.25, 0.3) is 5.91 Å². The molecule has 2 aliphatic rings. The zero-order valence-electron chi connectivity index (χ0n) is 17.7. The van der Waals surface area contributed by atoms with Crippen LogP contribution < -0.4 is 0 Å². The molecular weight excluding hydrogens is 392 g/mol. The summed E-state index contributed by atoms with van der Waals surface area (Å²) in [5, 5.41) is 4.62. The number of aromatic nitrogens is 3. The third kappa shape index (κ3) is 4.11. The van der Waals surface area contributed by atoms with Crippen LogP contribution in [0.2, 0.25) is 0 Å². The second-order valence-electron chi connectivity index (χ2n) is 8.16. The molecule has 0 N–H and O–H groups in total. The number of hydrogen-bond acceptors (Lipinski definition) is 5. The van der Waals surface area contributed by atoms with Gasteiger partial charge < -0.3 is 14.4 Å². The van der Waals surface area contributed by atoms with E-state index in [-0.39, 0.29) is 11.7 Å². The molecule has 2 fully saturated rings. The average Bonchev–Trinajstić information content (AvgIpc) is 3.43. The van der Waals surface area contributed by atoms with Gasteiger partial charge in [-0.2, -0.15) is 0 Å². The number of benzene rings is 2. The third-order valence-electron chi connectivity index (χ3n) is 5.98. The van der Waals surface area contributed by atoms with Crippen molar-refractivity contribution in [1.29, 1.82) is 0 Å². The van der Waals surface area contributed by atoms with Gasteiger partial charge in [0.2, 0.25) is 5.82 Å². The molecular formula is C24H26N4O3. The standard InChI is InChI=1S/C24H26N4O3/c1-18-7-9-20(10-8-18)28-21(17-19-5-3-2-4-6-19)25-22(26-28)23(29)27-13-11-24(12-14-27)30-15-16-31-24/h2-10H,11-17H2,1H3. The van der Waals surface area contributed by atoms with Crippen LogP contribution in [0.1, 0.15) is 40.4 Å². The summed E-state index contributed by atoms with van der Waals surface area (Å²) in [6.07, 6.45) is 1.95. The van der Waals surface area contributed by atoms with E-state index in [1.165, 1.54) is 5.56 Å². The highest BCUT2D eigenvalue weighted by Gasteiger charge is 2.41. The molecule has 7 heteroatoms. The van der Waals surface area contributed by atoms with Crippen molar-refractivity contribution in [2.24, 2.45) is 0 Å². The molecule has 2 aliphatic heterocycles. The minimum atomic E-state index is -0.510. The van der Waals surface area contributed by atoms with E-state index < -0.39 is 5.79 Å². The van der Waals surface area contributed by atoms with E-state index in [1.807, 2.05) is 49.4 Å². The second-order valence-corrected chi connectivity index (χ2v) is 8.16. The van der Waals surface area contributed by atoms with Crippen LogP contribution in [-0.2, 0) is 15.9 Å². The van der Waals surface area contributed by atoms with Crippen molar-refractivity contribution in [3.05, 3.63) is 77.4 Å². The van der Waals surface area contributed by atoms with E-state index in [1.54, 1.807) is 9.58 Å². The van der Waals surface area contributed by atoms with Crippen LogP contribution in [0.15, 0.2) is 54.6 Å². The quantitative estimate of drug-likeness (QED) is 0.651. The normalized spacial score (nSPS) is 17.9. The van der Waals surface area contributed by atoms with Crippen molar-refractivity contribution >= 4 is 5.91 Å². The lowest BCUT2D eigenvalue weighted by atomic mass is 10.0. The van der Waals surface area contributed by atoms with Gasteiger partial charge in [-0.1, -0.05) is 48.0 Å². The Morgan fingerprint density at radius 1 is 1.00 bits per heavy atom. The second kappa shape index (κ2) is 8.24. The van der Waals surface area contributed by atoms with Gasteiger partial charge >= 0.3 is 0 Å². The smallest absolute Gasteiger partial charge is 0.293 e. The Bertz CT molecular complexity index is 1050. The van der Waals surface area contributed by atoms with Crippen LogP contribution in [0.5, 0.6) is 0 Å². The van der Waals surface area contributed by atoms with Crippen LogP contribution in [0.25, 0.3) is 5.69 Å². The largest absolute Gasteiger partial charge is 0.347 e. The highest BCUT2D eigenvalue weighted by molar-refractivity contribution is 5.90. The zero-order chi connectivity index (χ0) is 21.3. The van der Waals surface area contributed by atoms with Crippen molar-refractivity contribution in [2.75, 3.05) is 26.3 Å². The summed E-state index contributed by atoms with van der Waals surface area (Å²) < 4.78 is 13.3. The molecule has 3 aromatic rings. The first-order valence-corrected chi connectivity index (χ1v) is 10.8. The summed E-state index contributed by atoms with van der Waals surface area (Å²) >= 11 is 0. The zero-order valence-corrected chi connectivity index (χ0v) is 17.7. The number of rotatable bonds is 4. The molecule has 0 radical (unpaired) electrons. The van der Waals surface area contributed by atoms with Crippen LogP contribution >= 0.6 is 0 Å². The maximum Gasteiger partial charge on any atom is 0.293 e. The third-order valence-corrected chi connectivity index (χ3v) is 5.98. The van der Waals surface area contributed by atoms with Crippen molar-refractivity contribution < 1.29 is 14.3 Å². The summed E-state index contributed by atoms with van der Waals surface area (Å²) in [4.78, 5) is 19.7. The number of ether oxygens (including phenoxy) is 2. The van der Waals surface area contributed by atoms with Gasteiger partial charge in [-0.05, 0) is 24.6 Å². The molecule has 1 spiro atoms. The van der Waals surface area contributed by atoms with Gasteiger partial charge in [-0.3, -0.25) is 4.79 Å². The fourth-order valence-electron chi connectivity index (χ4n) is 4.20. The van der Waals surface area contributed by atoms with Crippen LogP contribution in [0.4, 0.5) is 0 Å². The number of aryl methyl sites for hydroxylation is 1. The number of piperidine rings is 1. The molecule has 0 aliphatic carbocycles. The Morgan fingerprint density at radius 3 is 2.35 bits per heavy atom. The summed E-state index contributed by atoms with van der Waals surface area (Å²) in [5.74, 6) is 0.322. The first-order chi connectivity index (χ1) is 15.1. The molecule has 0 saturated carbocycles. The number of nitrogens with zero attached hydrogens (tertiary/aromatic N) is 4. The van der Waals surface area contributed by atoms with Gasteiger partial charge in [-0.15, -0.1) is 5.10 Å². The molecule has 0 atom stereocenters. The molecule has 160 valence electrons. The minimum absolute atomic E-state index is 0.145. The number of carbonyl (C=O) groups is 1. The van der Waals surface area contributed by atoms with Gasteiger partial charge in [-0.25, -0.2) is 9.67 Å². The Labute approximate surface area is 181 Å². The Hall–Kier alpha value is -3.03. The van der Waals surface area contributed by atoms with Gasteiger partial charge in [0.1, 0.15) is 5.82 Å². The molecule has 0 bridgehead atoms. The summed E-state index contributed by atoms with van der Waals surface area (Å²) in [6, 6.07) is 18.2. The van der Waals surface area contributed by atoms with Gasteiger partial charge in [0.15, 0.2) is 5.79 Å². The molecule has 31 heavy (non-hydrogen) atoms. The lowest BCUT2D eigenvalue weighted by molar-refractivity contribution is -0.181. The van der Waals surface area contributed by atoms with E-state index in [2.05, 4.69) is 22.2 Å². The number of amides is 1. The summed E-state index contributed by atoms with van der Waals surface area (Å²) in [6.45, 7) is 4.45. The Balaban J connectivity index is 1.41. The van der Waals surface area contributed by atoms with Gasteiger partial charge in [0, 0.05) is 32.4 Å². The molecule has 3 heterocycles. The average molecular weight is 418 g/mol. The SMILES string of the molecule is Cc1ccc(-n2nc(C(=O)N3CCC4(CC3)OCCO4)nc2Cc2ccccc2)cc1. The van der Waals surface area contributed by atoms with E-state index in [0.717, 1.165) is 17.1 Å². The number of likely N-dealkylation sites (tertiary alicyclic amines) is 1. The fraction of sp³-hybridized carbons (Fsp3) is 0.375. The van der Waals surface area contributed by atoms with Crippen molar-refractivity contribution in [3.8, 4) is 5.69 Å². The maximum absolute atomic E-state index is 13.2. The van der Waals surface area contributed by atoms with Crippen molar-refractivity contribution in [2.45, 2.75) is 32.0 Å². The summed E-state index contributed by atoms with van der Waals surface area (Å²) in [5.41, 5.74) is 3.19. The van der Waals surface area contributed by atoms with Crippen molar-refractivity contribution in [3.63, 3.8) is 0 Å². The van der Waals surface area contributed by atoms with E-state index >= 15 is 0 Å². The molecule has 1 amide bonds.